The van der Waals surface area contributed by atoms with E-state index in [9.17, 15) is 30.0 Å². The summed E-state index contributed by atoms with van der Waals surface area (Å²) in [4.78, 5) is 25.5. The molecule has 6 atom stereocenters. The van der Waals surface area contributed by atoms with Gasteiger partial charge in [0.25, 0.3) is 0 Å². The van der Waals surface area contributed by atoms with Crippen LogP contribution in [0.3, 0.4) is 0 Å². The zero-order valence-corrected chi connectivity index (χ0v) is 42.1. The standard InChI is InChI=1S/C57H96O10/c1-3-5-7-9-11-13-15-17-19-21-23-24-25-26-28-29-31-33-35-37-39-41-43-45-52(59)64-48-50(49-65-57-56(63)55(62)54(61)51(47-58)67-57)66-53(60)46-44-42-40-38-36-34-32-30-27-22-20-18-16-14-12-10-8-6-4-2/h6,8,12,14-15,17-18,20-21,23,27,30,34,36,50-51,54-58,61-63H,3-5,7,9-11,13,16,19,22,24-26,28-29,31-33,35,37-49H2,1-2H3/b8-6-,14-12-,17-15-,20-18-,23-21-,30-27-,36-34-. The fourth-order valence-electron chi connectivity index (χ4n) is 7.60. The predicted octanol–water partition coefficient (Wildman–Crippen LogP) is 12.9. The van der Waals surface area contributed by atoms with Crippen LogP contribution in [-0.4, -0.2) is 89.0 Å². The first-order valence-electron chi connectivity index (χ1n) is 26.7. The van der Waals surface area contributed by atoms with E-state index in [1.54, 1.807) is 0 Å². The summed E-state index contributed by atoms with van der Waals surface area (Å²) < 4.78 is 22.2. The van der Waals surface area contributed by atoms with Gasteiger partial charge in [0.2, 0.25) is 0 Å². The summed E-state index contributed by atoms with van der Waals surface area (Å²) in [6, 6.07) is 0. The maximum Gasteiger partial charge on any atom is 0.306 e. The maximum absolute atomic E-state index is 12.8. The molecule has 0 aromatic heterocycles. The minimum Gasteiger partial charge on any atom is -0.462 e. The molecule has 0 aromatic rings. The Morgan fingerprint density at radius 2 is 0.881 bits per heavy atom. The van der Waals surface area contributed by atoms with Crippen molar-refractivity contribution in [3.05, 3.63) is 85.1 Å². The number of unbranched alkanes of at least 4 members (excludes halogenated alkanes) is 19. The SMILES string of the molecule is CC/C=C\C/C=C\C/C=C\C/C=C\C/C=C\CCCCCC(=O)OC(COC(=O)CCCCCCCCCCCCC/C=C\C/C=C\CCCCCCC)COC1OC(CO)C(O)C(O)C1O. The van der Waals surface area contributed by atoms with E-state index in [1.165, 1.54) is 89.9 Å². The van der Waals surface area contributed by atoms with Crippen LogP contribution in [0.15, 0.2) is 85.1 Å². The smallest absolute Gasteiger partial charge is 0.306 e. The molecule has 1 fully saturated rings. The molecule has 6 unspecified atom stereocenters. The van der Waals surface area contributed by atoms with E-state index in [1.807, 2.05) is 0 Å². The summed E-state index contributed by atoms with van der Waals surface area (Å²) in [5.74, 6) is -0.849. The van der Waals surface area contributed by atoms with Gasteiger partial charge < -0.3 is 39.4 Å². The number of esters is 2. The van der Waals surface area contributed by atoms with Crippen LogP contribution in [0, 0.1) is 0 Å². The summed E-state index contributed by atoms with van der Waals surface area (Å²) in [7, 11) is 0. The summed E-state index contributed by atoms with van der Waals surface area (Å²) >= 11 is 0. The van der Waals surface area contributed by atoms with Gasteiger partial charge in [-0.05, 0) is 89.9 Å². The van der Waals surface area contributed by atoms with Gasteiger partial charge in [-0.3, -0.25) is 9.59 Å². The van der Waals surface area contributed by atoms with E-state index in [4.69, 9.17) is 18.9 Å². The molecule has 10 nitrogen and oxygen atoms in total. The second-order valence-corrected chi connectivity index (χ2v) is 17.9. The molecule has 0 aliphatic carbocycles. The lowest BCUT2D eigenvalue weighted by Gasteiger charge is -2.39. The average Bonchev–Trinajstić information content (AvgIpc) is 3.33. The van der Waals surface area contributed by atoms with Crippen molar-refractivity contribution in [2.24, 2.45) is 0 Å². The van der Waals surface area contributed by atoms with Crippen LogP contribution in [0.25, 0.3) is 0 Å². The Bertz CT molecular complexity index is 1360. The van der Waals surface area contributed by atoms with Crippen molar-refractivity contribution in [1.82, 2.24) is 0 Å². The van der Waals surface area contributed by atoms with Gasteiger partial charge in [0.05, 0.1) is 13.2 Å². The van der Waals surface area contributed by atoms with Gasteiger partial charge in [0.1, 0.15) is 31.0 Å². The van der Waals surface area contributed by atoms with Crippen molar-refractivity contribution in [2.75, 3.05) is 19.8 Å². The van der Waals surface area contributed by atoms with E-state index in [2.05, 4.69) is 98.9 Å². The Morgan fingerprint density at radius 3 is 1.34 bits per heavy atom. The molecule has 384 valence electrons. The molecular weight excluding hydrogens is 845 g/mol. The minimum atomic E-state index is -1.61. The average molecular weight is 941 g/mol. The van der Waals surface area contributed by atoms with Gasteiger partial charge in [0, 0.05) is 12.8 Å². The van der Waals surface area contributed by atoms with Crippen LogP contribution in [0.1, 0.15) is 206 Å². The van der Waals surface area contributed by atoms with Gasteiger partial charge in [-0.1, -0.05) is 189 Å². The van der Waals surface area contributed by atoms with Crippen molar-refractivity contribution in [3.63, 3.8) is 0 Å². The molecule has 0 saturated carbocycles. The quantitative estimate of drug-likeness (QED) is 0.0264. The fourth-order valence-corrected chi connectivity index (χ4v) is 7.60. The lowest BCUT2D eigenvalue weighted by Crippen LogP contribution is -2.59. The van der Waals surface area contributed by atoms with Crippen molar-refractivity contribution < 1.29 is 49.0 Å². The maximum atomic E-state index is 12.8. The first kappa shape index (κ1) is 61.9. The van der Waals surface area contributed by atoms with E-state index >= 15 is 0 Å². The highest BCUT2D eigenvalue weighted by molar-refractivity contribution is 5.70. The summed E-state index contributed by atoms with van der Waals surface area (Å²) in [6.45, 7) is 3.27. The highest BCUT2D eigenvalue weighted by Gasteiger charge is 2.44. The normalized spacial score (nSPS) is 19.8. The third kappa shape index (κ3) is 37.5. The number of hydrogen-bond acceptors (Lipinski definition) is 10. The fraction of sp³-hybridized carbons (Fsp3) is 0.719. The molecule has 1 rings (SSSR count). The van der Waals surface area contributed by atoms with Gasteiger partial charge in [-0.2, -0.15) is 0 Å². The largest absolute Gasteiger partial charge is 0.462 e. The van der Waals surface area contributed by atoms with E-state index < -0.39 is 49.4 Å². The number of rotatable bonds is 44. The number of allylic oxidation sites excluding steroid dienone is 14. The van der Waals surface area contributed by atoms with Crippen molar-refractivity contribution in [3.8, 4) is 0 Å². The number of hydrogen-bond donors (Lipinski definition) is 4. The predicted molar refractivity (Wildman–Crippen MR) is 274 cm³/mol. The molecule has 0 radical (unpaired) electrons. The highest BCUT2D eigenvalue weighted by Crippen LogP contribution is 2.23. The van der Waals surface area contributed by atoms with Crippen LogP contribution < -0.4 is 0 Å². The Hall–Kier alpha value is -3.12. The molecule has 1 saturated heterocycles. The van der Waals surface area contributed by atoms with Crippen molar-refractivity contribution in [1.29, 1.82) is 0 Å². The Morgan fingerprint density at radius 1 is 0.478 bits per heavy atom. The molecule has 0 amide bonds. The minimum absolute atomic E-state index is 0.186. The molecule has 0 bridgehead atoms. The van der Waals surface area contributed by atoms with Gasteiger partial charge in [-0.25, -0.2) is 0 Å². The summed E-state index contributed by atoms with van der Waals surface area (Å²) in [5, 5.41) is 40.2. The number of carbonyl (C=O) groups is 2. The van der Waals surface area contributed by atoms with Crippen LogP contribution >= 0.6 is 0 Å². The zero-order chi connectivity index (χ0) is 48.7. The van der Waals surface area contributed by atoms with Crippen molar-refractivity contribution >= 4 is 11.9 Å². The lowest BCUT2D eigenvalue weighted by molar-refractivity contribution is -0.305. The van der Waals surface area contributed by atoms with Crippen LogP contribution in [-0.2, 0) is 28.5 Å². The lowest BCUT2D eigenvalue weighted by atomic mass is 9.99. The molecular formula is C57H96O10. The third-order valence-corrected chi connectivity index (χ3v) is 11.8. The first-order chi connectivity index (χ1) is 32.8. The Labute approximate surface area is 407 Å². The number of aliphatic hydroxyl groups excluding tert-OH is 4. The van der Waals surface area contributed by atoms with E-state index in [-0.39, 0.29) is 32.0 Å². The first-order valence-corrected chi connectivity index (χ1v) is 26.7. The Kier molecular flexibility index (Phi) is 43.1. The molecule has 0 spiro atoms. The topological polar surface area (TPSA) is 152 Å². The number of carbonyl (C=O) groups excluding carboxylic acids is 2. The number of ether oxygens (including phenoxy) is 4. The Balaban J connectivity index is 2.27. The second-order valence-electron chi connectivity index (χ2n) is 17.9. The number of aliphatic hydroxyl groups is 4. The summed E-state index contributed by atoms with van der Waals surface area (Å²) in [5.41, 5.74) is 0. The van der Waals surface area contributed by atoms with Crippen LogP contribution in [0.5, 0.6) is 0 Å². The molecule has 0 aromatic carbocycles. The van der Waals surface area contributed by atoms with E-state index in [0.29, 0.717) is 12.8 Å². The zero-order valence-electron chi connectivity index (χ0n) is 42.1. The second kappa shape index (κ2) is 46.6. The van der Waals surface area contributed by atoms with Gasteiger partial charge in [-0.15, -0.1) is 0 Å². The van der Waals surface area contributed by atoms with Crippen LogP contribution in [0.2, 0.25) is 0 Å². The van der Waals surface area contributed by atoms with Gasteiger partial charge in [0.15, 0.2) is 12.4 Å². The molecule has 1 aliphatic rings. The molecule has 4 N–H and O–H groups in total. The highest BCUT2D eigenvalue weighted by atomic mass is 16.7. The molecule has 1 heterocycles. The van der Waals surface area contributed by atoms with Crippen LogP contribution in [0.4, 0.5) is 0 Å². The third-order valence-electron chi connectivity index (χ3n) is 11.8. The molecule has 10 heteroatoms. The van der Waals surface area contributed by atoms with Gasteiger partial charge >= 0.3 is 11.9 Å². The monoisotopic (exact) mass is 941 g/mol. The summed E-state index contributed by atoms with van der Waals surface area (Å²) in [6.07, 6.45) is 54.5. The van der Waals surface area contributed by atoms with Crippen molar-refractivity contribution in [2.45, 2.75) is 243 Å². The molecule has 67 heavy (non-hydrogen) atoms. The molecule has 1 aliphatic heterocycles. The van der Waals surface area contributed by atoms with E-state index in [0.717, 1.165) is 77.0 Å².